The van der Waals surface area contributed by atoms with Crippen molar-refractivity contribution in [1.82, 2.24) is 9.55 Å². The number of methoxy groups -OCH3 is 1. The summed E-state index contributed by atoms with van der Waals surface area (Å²) >= 11 is 0. The summed E-state index contributed by atoms with van der Waals surface area (Å²) in [6.45, 7) is 0. The van der Waals surface area contributed by atoms with Crippen LogP contribution in [0, 0.1) is 5.82 Å². The van der Waals surface area contributed by atoms with Crippen molar-refractivity contribution in [3.05, 3.63) is 48.4 Å². The van der Waals surface area contributed by atoms with Gasteiger partial charge in [0.15, 0.2) is 0 Å². The van der Waals surface area contributed by atoms with Gasteiger partial charge in [-0.1, -0.05) is 37.1 Å². The molecule has 1 saturated carbocycles. The molecule has 2 aromatic carbocycles. The number of halogens is 1. The minimum Gasteiger partial charge on any atom is -0.496 e. The summed E-state index contributed by atoms with van der Waals surface area (Å²) in [7, 11) is 1.52. The molecule has 0 bridgehead atoms. The molecule has 1 aliphatic carbocycles. The lowest BCUT2D eigenvalue weighted by atomic mass is 9.99. The van der Waals surface area contributed by atoms with Crippen molar-refractivity contribution in [1.29, 1.82) is 0 Å². The van der Waals surface area contributed by atoms with Crippen LogP contribution in [0.5, 0.6) is 11.6 Å². The maximum absolute atomic E-state index is 14.8. The Labute approximate surface area is 167 Å². The molecule has 148 valence electrons. The number of hydrogen-bond donors (Lipinski definition) is 2. The van der Waals surface area contributed by atoms with E-state index < -0.39 is 0 Å². The van der Waals surface area contributed by atoms with Gasteiger partial charge in [0.2, 0.25) is 5.88 Å². The standard InChI is InChI=1S/C23H22FN3O2/c1-29-18-11-5-10-16(24)19(18)14-8-4-9-15-21(25)20-17(26-22(14)15)12-27(23(20)28)13-6-2-3-7-13/h4-5,8-13,28H,2-3,6-7,25H2,1H3. The third-order valence-corrected chi connectivity index (χ3v) is 6.00. The zero-order valence-corrected chi connectivity index (χ0v) is 16.2. The molecule has 1 aliphatic rings. The Morgan fingerprint density at radius 1 is 1.17 bits per heavy atom. The number of nitrogens with zero attached hydrogens (tertiary/aromatic N) is 2. The number of benzene rings is 2. The van der Waals surface area contributed by atoms with E-state index in [2.05, 4.69) is 0 Å². The molecule has 0 spiro atoms. The third-order valence-electron chi connectivity index (χ3n) is 6.00. The summed E-state index contributed by atoms with van der Waals surface area (Å²) in [4.78, 5) is 4.80. The Balaban J connectivity index is 1.82. The van der Waals surface area contributed by atoms with Gasteiger partial charge in [0.25, 0.3) is 0 Å². The van der Waals surface area contributed by atoms with Crippen molar-refractivity contribution in [3.63, 3.8) is 0 Å². The fourth-order valence-electron chi connectivity index (χ4n) is 4.58. The van der Waals surface area contributed by atoms with Gasteiger partial charge in [-0.25, -0.2) is 9.37 Å². The van der Waals surface area contributed by atoms with Crippen molar-refractivity contribution in [2.24, 2.45) is 0 Å². The Bertz CT molecular complexity index is 1240. The number of nitrogen functional groups attached to an aromatic ring is 1. The van der Waals surface area contributed by atoms with Crippen LogP contribution in [0.4, 0.5) is 10.1 Å². The van der Waals surface area contributed by atoms with Gasteiger partial charge in [-0.2, -0.15) is 0 Å². The fraction of sp³-hybridized carbons (Fsp3) is 0.261. The predicted molar refractivity (Wildman–Crippen MR) is 113 cm³/mol. The van der Waals surface area contributed by atoms with E-state index in [1.54, 1.807) is 12.1 Å². The van der Waals surface area contributed by atoms with Gasteiger partial charge in [0.05, 0.1) is 34.8 Å². The highest BCUT2D eigenvalue weighted by Crippen LogP contribution is 2.43. The highest BCUT2D eigenvalue weighted by molar-refractivity contribution is 6.12. The first-order valence-corrected chi connectivity index (χ1v) is 9.84. The summed E-state index contributed by atoms with van der Waals surface area (Å²) in [5, 5.41) is 12.1. The van der Waals surface area contributed by atoms with Gasteiger partial charge in [-0.3, -0.25) is 0 Å². The SMILES string of the molecule is COc1cccc(F)c1-c1cccc2c(N)c3c(O)n(C4CCCC4)cc3nc12. The normalized spacial score (nSPS) is 14.8. The summed E-state index contributed by atoms with van der Waals surface area (Å²) in [5.74, 6) is 0.209. The molecular formula is C23H22FN3O2. The Morgan fingerprint density at radius 2 is 1.93 bits per heavy atom. The number of ether oxygens (including phenoxy) is 1. The highest BCUT2D eigenvalue weighted by atomic mass is 19.1. The topological polar surface area (TPSA) is 73.3 Å². The molecule has 3 N–H and O–H groups in total. The summed E-state index contributed by atoms with van der Waals surface area (Å²) < 4.78 is 22.0. The number of para-hydroxylation sites is 1. The van der Waals surface area contributed by atoms with Gasteiger partial charge in [0.1, 0.15) is 11.6 Å². The van der Waals surface area contributed by atoms with Crippen LogP contribution >= 0.6 is 0 Å². The molecule has 0 radical (unpaired) electrons. The molecule has 4 aromatic rings. The molecule has 0 atom stereocenters. The largest absolute Gasteiger partial charge is 0.496 e. The molecule has 29 heavy (non-hydrogen) atoms. The van der Waals surface area contributed by atoms with E-state index in [0.29, 0.717) is 44.4 Å². The molecule has 0 aliphatic heterocycles. The lowest BCUT2D eigenvalue weighted by Crippen LogP contribution is -2.01. The van der Waals surface area contributed by atoms with E-state index >= 15 is 0 Å². The third kappa shape index (κ3) is 2.63. The van der Waals surface area contributed by atoms with Gasteiger partial charge in [-0.15, -0.1) is 0 Å². The lowest BCUT2D eigenvalue weighted by Gasteiger charge is -2.13. The monoisotopic (exact) mass is 391 g/mol. The number of anilines is 1. The van der Waals surface area contributed by atoms with Crippen LogP contribution in [0.2, 0.25) is 0 Å². The van der Waals surface area contributed by atoms with Gasteiger partial charge in [-0.05, 0) is 25.0 Å². The second-order valence-electron chi connectivity index (χ2n) is 7.60. The van der Waals surface area contributed by atoms with Crippen LogP contribution in [0.15, 0.2) is 42.6 Å². The minimum absolute atomic E-state index is 0.160. The van der Waals surface area contributed by atoms with Crippen LogP contribution in [0.1, 0.15) is 31.7 Å². The average molecular weight is 391 g/mol. The van der Waals surface area contributed by atoms with Crippen molar-refractivity contribution in [3.8, 4) is 22.8 Å². The molecule has 5 nitrogen and oxygen atoms in total. The minimum atomic E-state index is -0.385. The van der Waals surface area contributed by atoms with Crippen LogP contribution in [-0.4, -0.2) is 21.8 Å². The van der Waals surface area contributed by atoms with Crippen molar-refractivity contribution in [2.45, 2.75) is 31.7 Å². The second kappa shape index (κ2) is 6.65. The zero-order chi connectivity index (χ0) is 20.1. The molecule has 2 aromatic heterocycles. The predicted octanol–water partition coefficient (Wildman–Crippen LogP) is 5.41. The zero-order valence-electron chi connectivity index (χ0n) is 16.2. The number of rotatable bonds is 3. The van der Waals surface area contributed by atoms with E-state index in [0.717, 1.165) is 25.7 Å². The van der Waals surface area contributed by atoms with E-state index in [9.17, 15) is 9.50 Å². The number of pyridine rings is 1. The molecule has 6 heteroatoms. The molecule has 0 amide bonds. The molecule has 0 unspecified atom stereocenters. The Hall–Kier alpha value is -3.28. The number of aromatic nitrogens is 2. The first kappa shape index (κ1) is 17.8. The maximum atomic E-state index is 14.8. The van der Waals surface area contributed by atoms with Crippen molar-refractivity contribution in [2.75, 3.05) is 12.8 Å². The quantitative estimate of drug-likeness (QED) is 0.490. The van der Waals surface area contributed by atoms with Gasteiger partial charge < -0.3 is 20.1 Å². The number of fused-ring (bicyclic) bond motifs is 2. The van der Waals surface area contributed by atoms with E-state index in [4.69, 9.17) is 15.5 Å². The molecule has 0 saturated heterocycles. The molecule has 1 fully saturated rings. The van der Waals surface area contributed by atoms with Crippen LogP contribution in [-0.2, 0) is 0 Å². The van der Waals surface area contributed by atoms with Crippen molar-refractivity contribution < 1.29 is 14.2 Å². The van der Waals surface area contributed by atoms with E-state index in [-0.39, 0.29) is 17.7 Å². The van der Waals surface area contributed by atoms with Gasteiger partial charge in [0, 0.05) is 23.2 Å². The maximum Gasteiger partial charge on any atom is 0.203 e. The number of aromatic hydroxyl groups is 1. The second-order valence-corrected chi connectivity index (χ2v) is 7.60. The lowest BCUT2D eigenvalue weighted by molar-refractivity contribution is 0.387. The Kier molecular flexibility index (Phi) is 4.08. The smallest absolute Gasteiger partial charge is 0.203 e. The molecular weight excluding hydrogens is 369 g/mol. The Morgan fingerprint density at radius 3 is 2.69 bits per heavy atom. The summed E-state index contributed by atoms with van der Waals surface area (Å²) in [6.07, 6.45) is 6.24. The van der Waals surface area contributed by atoms with Crippen LogP contribution in [0.25, 0.3) is 32.9 Å². The summed E-state index contributed by atoms with van der Waals surface area (Å²) in [5.41, 5.74) is 9.10. The highest BCUT2D eigenvalue weighted by Gasteiger charge is 2.24. The van der Waals surface area contributed by atoms with Crippen LogP contribution in [0.3, 0.4) is 0 Å². The number of hydrogen-bond acceptors (Lipinski definition) is 4. The molecule has 2 heterocycles. The van der Waals surface area contributed by atoms with Gasteiger partial charge >= 0.3 is 0 Å². The molecule has 5 rings (SSSR count). The summed E-state index contributed by atoms with van der Waals surface area (Å²) in [6, 6.07) is 10.5. The first-order chi connectivity index (χ1) is 14.1. The number of nitrogens with two attached hydrogens (primary N) is 1. The fourth-order valence-corrected chi connectivity index (χ4v) is 4.58. The van der Waals surface area contributed by atoms with Crippen molar-refractivity contribution >= 4 is 27.5 Å². The first-order valence-electron chi connectivity index (χ1n) is 9.84. The van der Waals surface area contributed by atoms with E-state index in [1.165, 1.54) is 13.2 Å². The van der Waals surface area contributed by atoms with Crippen LogP contribution < -0.4 is 10.5 Å². The average Bonchev–Trinajstić information content (AvgIpc) is 3.36. The van der Waals surface area contributed by atoms with E-state index in [1.807, 2.05) is 29.0 Å².